The molecule has 1 aromatic rings. The van der Waals surface area contributed by atoms with Gasteiger partial charge >= 0.3 is 0 Å². The lowest BCUT2D eigenvalue weighted by Gasteiger charge is -2.32. The molecule has 2 N–H and O–H groups in total. The van der Waals surface area contributed by atoms with Crippen molar-refractivity contribution in [2.75, 3.05) is 19.6 Å². The van der Waals surface area contributed by atoms with Crippen molar-refractivity contribution < 1.29 is 9.18 Å². The van der Waals surface area contributed by atoms with E-state index in [2.05, 4.69) is 0 Å². The van der Waals surface area contributed by atoms with Gasteiger partial charge in [0.15, 0.2) is 0 Å². The van der Waals surface area contributed by atoms with E-state index >= 15 is 0 Å². The maximum Gasteiger partial charge on any atom is 0.253 e. The number of carbonyl (C=O) groups excluding carboxylic acids is 1. The summed E-state index contributed by atoms with van der Waals surface area (Å²) >= 11 is 0. The molecule has 1 aliphatic rings. The Morgan fingerprint density at radius 3 is 2.44 bits per heavy atom. The summed E-state index contributed by atoms with van der Waals surface area (Å²) in [5, 5.41) is 0. The Labute approximate surface area is 107 Å². The van der Waals surface area contributed by atoms with E-state index in [0.29, 0.717) is 11.5 Å². The molecule has 1 amide bonds. The molecule has 2 rings (SSSR count). The molecule has 0 aliphatic carbocycles. The number of benzene rings is 1. The maximum atomic E-state index is 12.8. The number of likely N-dealkylation sites (tertiary alicyclic amines) is 1. The van der Waals surface area contributed by atoms with Crippen molar-refractivity contribution in [3.05, 3.63) is 35.6 Å². The van der Waals surface area contributed by atoms with Gasteiger partial charge in [-0.15, -0.1) is 0 Å². The molecular weight excluding hydrogens is 231 g/mol. The third kappa shape index (κ3) is 3.07. The third-order valence-electron chi connectivity index (χ3n) is 3.57. The zero-order chi connectivity index (χ0) is 13.0. The van der Waals surface area contributed by atoms with Gasteiger partial charge in [-0.1, -0.05) is 0 Å². The largest absolute Gasteiger partial charge is 0.339 e. The Kier molecular flexibility index (Phi) is 4.31. The Balaban J connectivity index is 1.93. The van der Waals surface area contributed by atoms with Gasteiger partial charge in [0.05, 0.1) is 0 Å². The highest BCUT2D eigenvalue weighted by Crippen LogP contribution is 2.21. The van der Waals surface area contributed by atoms with Gasteiger partial charge in [-0.2, -0.15) is 0 Å². The molecule has 0 unspecified atom stereocenters. The minimum atomic E-state index is -0.312. The third-order valence-corrected chi connectivity index (χ3v) is 3.57. The predicted octanol–water partition coefficient (Wildman–Crippen LogP) is 2.03. The fraction of sp³-hybridized carbons (Fsp3) is 0.500. The van der Waals surface area contributed by atoms with Crippen LogP contribution in [0.5, 0.6) is 0 Å². The molecule has 0 spiro atoms. The smallest absolute Gasteiger partial charge is 0.253 e. The first-order chi connectivity index (χ1) is 8.70. The van der Waals surface area contributed by atoms with Crippen LogP contribution in [0.2, 0.25) is 0 Å². The maximum absolute atomic E-state index is 12.8. The molecule has 1 aromatic carbocycles. The average molecular weight is 250 g/mol. The standard InChI is InChI=1S/C14H19FN2O/c15-13-3-1-12(2-4-13)14(18)17-9-6-11(5-8-16)7-10-17/h1-4,11H,5-10,16H2. The van der Waals surface area contributed by atoms with E-state index in [0.717, 1.165) is 38.9 Å². The van der Waals surface area contributed by atoms with Gasteiger partial charge in [-0.25, -0.2) is 4.39 Å². The molecule has 3 nitrogen and oxygen atoms in total. The number of hydrogen-bond acceptors (Lipinski definition) is 2. The Hall–Kier alpha value is -1.42. The van der Waals surface area contributed by atoms with Gasteiger partial charge in [0, 0.05) is 18.7 Å². The van der Waals surface area contributed by atoms with Gasteiger partial charge in [-0.3, -0.25) is 4.79 Å². The van der Waals surface area contributed by atoms with E-state index in [4.69, 9.17) is 5.73 Å². The van der Waals surface area contributed by atoms with E-state index in [-0.39, 0.29) is 11.7 Å². The number of halogens is 1. The summed E-state index contributed by atoms with van der Waals surface area (Å²) in [5.74, 6) is 0.335. The lowest BCUT2D eigenvalue weighted by Crippen LogP contribution is -2.38. The van der Waals surface area contributed by atoms with E-state index < -0.39 is 0 Å². The predicted molar refractivity (Wildman–Crippen MR) is 68.7 cm³/mol. The highest BCUT2D eigenvalue weighted by atomic mass is 19.1. The molecule has 4 heteroatoms. The molecular formula is C14H19FN2O. The van der Waals surface area contributed by atoms with E-state index in [1.54, 1.807) is 12.1 Å². The number of piperidine rings is 1. The minimum Gasteiger partial charge on any atom is -0.339 e. The molecule has 98 valence electrons. The summed E-state index contributed by atoms with van der Waals surface area (Å²) < 4.78 is 12.8. The second kappa shape index (κ2) is 5.96. The first-order valence-electron chi connectivity index (χ1n) is 6.45. The van der Waals surface area contributed by atoms with Crippen LogP contribution in [0.15, 0.2) is 24.3 Å². The van der Waals surface area contributed by atoms with Crippen LogP contribution in [-0.2, 0) is 0 Å². The van der Waals surface area contributed by atoms with Crippen molar-refractivity contribution in [1.29, 1.82) is 0 Å². The van der Waals surface area contributed by atoms with Gasteiger partial charge < -0.3 is 10.6 Å². The van der Waals surface area contributed by atoms with Crippen molar-refractivity contribution in [2.45, 2.75) is 19.3 Å². The van der Waals surface area contributed by atoms with Crippen LogP contribution >= 0.6 is 0 Å². The number of nitrogens with zero attached hydrogens (tertiary/aromatic N) is 1. The van der Waals surface area contributed by atoms with Crippen LogP contribution in [0.4, 0.5) is 4.39 Å². The molecule has 1 saturated heterocycles. The van der Waals surface area contributed by atoms with E-state index in [1.165, 1.54) is 12.1 Å². The Morgan fingerprint density at radius 1 is 1.28 bits per heavy atom. The first kappa shape index (κ1) is 13.0. The lowest BCUT2D eigenvalue weighted by atomic mass is 9.93. The highest BCUT2D eigenvalue weighted by molar-refractivity contribution is 5.94. The van der Waals surface area contributed by atoms with Crippen LogP contribution in [0.25, 0.3) is 0 Å². The number of carbonyl (C=O) groups is 1. The zero-order valence-corrected chi connectivity index (χ0v) is 10.4. The summed E-state index contributed by atoms with van der Waals surface area (Å²) in [5.41, 5.74) is 6.11. The average Bonchev–Trinajstić information content (AvgIpc) is 2.40. The van der Waals surface area contributed by atoms with Crippen molar-refractivity contribution in [1.82, 2.24) is 4.90 Å². The van der Waals surface area contributed by atoms with E-state index in [9.17, 15) is 9.18 Å². The van der Waals surface area contributed by atoms with Gasteiger partial charge in [0.25, 0.3) is 5.91 Å². The van der Waals surface area contributed by atoms with Crippen LogP contribution in [0.3, 0.4) is 0 Å². The summed E-state index contributed by atoms with van der Waals surface area (Å²) in [6, 6.07) is 5.75. The summed E-state index contributed by atoms with van der Waals surface area (Å²) in [4.78, 5) is 14.0. The second-order valence-electron chi connectivity index (χ2n) is 4.82. The van der Waals surface area contributed by atoms with Crippen molar-refractivity contribution >= 4 is 5.91 Å². The monoisotopic (exact) mass is 250 g/mol. The molecule has 0 atom stereocenters. The van der Waals surface area contributed by atoms with Crippen LogP contribution < -0.4 is 5.73 Å². The minimum absolute atomic E-state index is 0.00111. The summed E-state index contributed by atoms with van der Waals surface area (Å²) in [6.45, 7) is 2.28. The van der Waals surface area contributed by atoms with Crippen molar-refractivity contribution in [3.8, 4) is 0 Å². The molecule has 18 heavy (non-hydrogen) atoms. The SMILES string of the molecule is NCCC1CCN(C(=O)c2ccc(F)cc2)CC1. The van der Waals surface area contributed by atoms with Gasteiger partial charge in [0.1, 0.15) is 5.82 Å². The Bertz CT molecular complexity index is 397. The quantitative estimate of drug-likeness (QED) is 0.892. The molecule has 0 aromatic heterocycles. The Morgan fingerprint density at radius 2 is 1.89 bits per heavy atom. The lowest BCUT2D eigenvalue weighted by molar-refractivity contribution is 0.0688. The van der Waals surface area contributed by atoms with Gasteiger partial charge in [0.2, 0.25) is 0 Å². The number of amides is 1. The molecule has 1 aliphatic heterocycles. The zero-order valence-electron chi connectivity index (χ0n) is 10.4. The normalized spacial score (nSPS) is 16.9. The van der Waals surface area contributed by atoms with Crippen LogP contribution in [0, 0.1) is 11.7 Å². The molecule has 0 radical (unpaired) electrons. The molecule has 0 saturated carbocycles. The molecule has 1 heterocycles. The number of rotatable bonds is 3. The van der Waals surface area contributed by atoms with Crippen LogP contribution in [0.1, 0.15) is 29.6 Å². The molecule has 1 fully saturated rings. The van der Waals surface area contributed by atoms with Crippen molar-refractivity contribution in [3.63, 3.8) is 0 Å². The number of hydrogen-bond donors (Lipinski definition) is 1. The van der Waals surface area contributed by atoms with Crippen LogP contribution in [-0.4, -0.2) is 30.4 Å². The van der Waals surface area contributed by atoms with Crippen molar-refractivity contribution in [2.24, 2.45) is 11.7 Å². The van der Waals surface area contributed by atoms with E-state index in [1.807, 2.05) is 4.90 Å². The molecule has 0 bridgehead atoms. The summed E-state index contributed by atoms with van der Waals surface area (Å²) in [6.07, 6.45) is 3.08. The first-order valence-corrected chi connectivity index (χ1v) is 6.45. The second-order valence-corrected chi connectivity index (χ2v) is 4.82. The topological polar surface area (TPSA) is 46.3 Å². The van der Waals surface area contributed by atoms with Gasteiger partial charge in [-0.05, 0) is 56.0 Å². The fourth-order valence-electron chi connectivity index (χ4n) is 2.44. The highest BCUT2D eigenvalue weighted by Gasteiger charge is 2.22. The fourth-order valence-corrected chi connectivity index (χ4v) is 2.44. The number of nitrogens with two attached hydrogens (primary N) is 1. The summed E-state index contributed by atoms with van der Waals surface area (Å²) in [7, 11) is 0.